The molecule has 0 aromatic rings. The van der Waals surface area contributed by atoms with E-state index in [4.69, 9.17) is 0 Å². The average Bonchev–Trinajstić information content (AvgIpc) is 1.69. The van der Waals surface area contributed by atoms with Gasteiger partial charge in [-0.3, -0.25) is 0 Å². The molecule has 0 amide bonds. The van der Waals surface area contributed by atoms with Gasteiger partial charge in [0.1, 0.15) is 0 Å². The maximum absolute atomic E-state index is 3.98. The van der Waals surface area contributed by atoms with Crippen molar-refractivity contribution in [2.75, 3.05) is 0 Å². The van der Waals surface area contributed by atoms with Gasteiger partial charge in [-0.05, 0) is 6.08 Å². The van der Waals surface area contributed by atoms with Crippen LogP contribution in [-0.2, 0) is 21.1 Å². The van der Waals surface area contributed by atoms with E-state index in [0.717, 1.165) is 5.71 Å². The van der Waals surface area contributed by atoms with Gasteiger partial charge in [-0.25, -0.2) is 0 Å². The zero-order valence-corrected chi connectivity index (χ0v) is 6.85. The molecular formula is C6H7NPt+. The summed E-state index contributed by atoms with van der Waals surface area (Å²) in [5.74, 6) is 0. The van der Waals surface area contributed by atoms with Crippen LogP contribution in [0.4, 0.5) is 0 Å². The molecule has 0 unspecified atom stereocenters. The fourth-order valence-electron chi connectivity index (χ4n) is 0.448. The molecule has 1 rings (SSSR count). The third-order valence-electron chi connectivity index (χ3n) is 0.813. The molecular weight excluding hydrogens is 281 g/mol. The number of allylic oxidation sites excluding steroid dienone is 3. The molecule has 1 aliphatic rings. The average molecular weight is 288 g/mol. The van der Waals surface area contributed by atoms with Crippen LogP contribution >= 0.6 is 0 Å². The van der Waals surface area contributed by atoms with Gasteiger partial charge >= 0.3 is 0 Å². The summed E-state index contributed by atoms with van der Waals surface area (Å²) < 4.78 is 0. The van der Waals surface area contributed by atoms with E-state index in [1.165, 1.54) is 0 Å². The molecule has 1 heterocycles. The van der Waals surface area contributed by atoms with Gasteiger partial charge in [-0.2, -0.15) is 0 Å². The first kappa shape index (κ1) is 7.84. The van der Waals surface area contributed by atoms with Crippen LogP contribution in [0.5, 0.6) is 0 Å². The van der Waals surface area contributed by atoms with Crippen LogP contribution in [0.15, 0.2) is 24.4 Å². The first-order valence-corrected chi connectivity index (χ1v) is 2.27. The predicted molar refractivity (Wildman–Crippen MR) is 31.1 cm³/mol. The summed E-state index contributed by atoms with van der Waals surface area (Å²) in [4.78, 5) is 3.98. The quantitative estimate of drug-likeness (QED) is 0.628. The maximum atomic E-state index is 3.98. The summed E-state index contributed by atoms with van der Waals surface area (Å²) in [7, 11) is 0. The van der Waals surface area contributed by atoms with Crippen molar-refractivity contribution in [3.63, 3.8) is 0 Å². The van der Waals surface area contributed by atoms with E-state index in [1.54, 1.807) is 6.20 Å². The summed E-state index contributed by atoms with van der Waals surface area (Å²) in [6.45, 7) is 1.97. The van der Waals surface area contributed by atoms with Gasteiger partial charge in [-0.15, -0.1) is 0 Å². The summed E-state index contributed by atoms with van der Waals surface area (Å²) in [5, 5.41) is 0. The van der Waals surface area contributed by atoms with Crippen molar-refractivity contribution < 1.29 is 21.1 Å². The number of rotatable bonds is 0. The van der Waals surface area contributed by atoms with Gasteiger partial charge in [0.25, 0.3) is 5.71 Å². The molecule has 0 N–H and O–H groups in total. The van der Waals surface area contributed by atoms with Crippen LogP contribution in [-0.4, -0.2) is 5.71 Å². The Labute approximate surface area is 63.5 Å². The first-order chi connectivity index (χ1) is 3.39. The Morgan fingerprint density at radius 3 is 2.38 bits per heavy atom. The molecule has 0 bridgehead atoms. The van der Waals surface area contributed by atoms with Crippen LogP contribution in [0.3, 0.4) is 0 Å². The zero-order valence-electron chi connectivity index (χ0n) is 4.57. The van der Waals surface area contributed by atoms with E-state index < -0.39 is 0 Å². The van der Waals surface area contributed by atoms with E-state index >= 15 is 0 Å². The molecule has 0 aliphatic carbocycles. The van der Waals surface area contributed by atoms with Gasteiger partial charge in [0.15, 0.2) is 0 Å². The van der Waals surface area contributed by atoms with Gasteiger partial charge in [0.05, 0.1) is 4.99 Å². The molecule has 1 radical (unpaired) electrons. The summed E-state index contributed by atoms with van der Waals surface area (Å²) in [6.07, 6.45) is 7.64. The number of hydrogen-bond donors (Lipinski definition) is 0. The van der Waals surface area contributed by atoms with Crippen molar-refractivity contribution in [2.24, 2.45) is 0 Å². The Bertz CT molecular complexity index is 145. The molecule has 45 valence electrons. The van der Waals surface area contributed by atoms with Crippen molar-refractivity contribution in [3.8, 4) is 0 Å². The number of aliphatic imine (C=N–C) groups is 1. The smallest absolute Gasteiger partial charge is 0.0496 e. The first-order valence-electron chi connectivity index (χ1n) is 2.27. The third-order valence-corrected chi connectivity index (χ3v) is 0.813. The molecule has 0 saturated heterocycles. The summed E-state index contributed by atoms with van der Waals surface area (Å²) in [6, 6.07) is 0. The number of hydrogen-bond acceptors (Lipinski definition) is 1. The molecule has 0 spiro atoms. The molecule has 0 saturated carbocycles. The Balaban J connectivity index is 0.000000490. The minimum Gasteiger partial charge on any atom is -0.0496 e. The maximum Gasteiger partial charge on any atom is 0.250 e. The van der Waals surface area contributed by atoms with Gasteiger partial charge in [0, 0.05) is 40.1 Å². The topological polar surface area (TPSA) is 14.1 Å². The fraction of sp³-hybridized carbons (Fsp3) is 0.167. The monoisotopic (exact) mass is 288 g/mol. The van der Waals surface area contributed by atoms with E-state index in [0.29, 0.717) is 0 Å². The van der Waals surface area contributed by atoms with Crippen molar-refractivity contribution in [3.05, 3.63) is 24.4 Å². The molecule has 0 atom stereocenters. The Morgan fingerprint density at radius 1 is 1.38 bits per heavy atom. The Morgan fingerprint density at radius 2 is 2.12 bits per heavy atom. The zero-order chi connectivity index (χ0) is 5.11. The van der Waals surface area contributed by atoms with Crippen LogP contribution < -0.4 is 4.99 Å². The largest absolute Gasteiger partial charge is 0.250 e. The number of nitrogens with zero attached hydrogens (tertiary/aromatic N) is 1. The summed E-state index contributed by atoms with van der Waals surface area (Å²) in [5.41, 5.74) is 1.07. The normalized spacial score (nSPS) is 14.9. The minimum absolute atomic E-state index is 0. The van der Waals surface area contributed by atoms with Gasteiger partial charge in [-0.1, -0.05) is 0 Å². The van der Waals surface area contributed by atoms with Crippen LogP contribution in [0, 0.1) is 0 Å². The van der Waals surface area contributed by atoms with E-state index in [2.05, 4.69) is 4.99 Å². The second-order valence-electron chi connectivity index (χ2n) is 1.47. The summed E-state index contributed by atoms with van der Waals surface area (Å²) >= 11 is 0. The van der Waals surface area contributed by atoms with Gasteiger partial charge < -0.3 is 0 Å². The molecule has 8 heavy (non-hydrogen) atoms. The molecule has 1 aliphatic heterocycles. The Hall–Kier alpha value is -0.162. The van der Waals surface area contributed by atoms with E-state index in [9.17, 15) is 0 Å². The van der Waals surface area contributed by atoms with Crippen molar-refractivity contribution in [1.29, 1.82) is 0 Å². The standard InChI is InChI=1S/C6H7N.Pt/c1-6-4-2-3-5-7-6;/h2-5H,1H3;/q+1;. The van der Waals surface area contributed by atoms with Crippen LogP contribution in [0.25, 0.3) is 0 Å². The molecule has 1 nitrogen and oxygen atoms in total. The second kappa shape index (κ2) is 3.79. The van der Waals surface area contributed by atoms with Crippen molar-refractivity contribution in [2.45, 2.75) is 6.92 Å². The molecule has 0 fully saturated rings. The van der Waals surface area contributed by atoms with Crippen LogP contribution in [0.1, 0.15) is 6.92 Å². The predicted octanol–water partition coefficient (Wildman–Crippen LogP) is 0.864. The van der Waals surface area contributed by atoms with E-state index in [1.807, 2.05) is 25.2 Å². The fourth-order valence-corrected chi connectivity index (χ4v) is 0.448. The SMILES string of the molecule is CC1=[N+]C=CC=C1.[Pt]. The molecule has 0 aromatic heterocycles. The second-order valence-corrected chi connectivity index (χ2v) is 1.47. The molecule has 2 heteroatoms. The molecule has 0 aromatic carbocycles. The minimum atomic E-state index is 0. The van der Waals surface area contributed by atoms with Crippen LogP contribution in [0.2, 0.25) is 0 Å². The Kier molecular flexibility index (Phi) is 3.72. The van der Waals surface area contributed by atoms with Crippen molar-refractivity contribution in [1.82, 2.24) is 4.99 Å². The van der Waals surface area contributed by atoms with Crippen molar-refractivity contribution >= 4 is 5.71 Å². The van der Waals surface area contributed by atoms with Gasteiger partial charge in [0.2, 0.25) is 6.20 Å². The van der Waals surface area contributed by atoms with E-state index in [-0.39, 0.29) is 21.1 Å². The third kappa shape index (κ3) is 2.22.